The van der Waals surface area contributed by atoms with Crippen LogP contribution in [0.2, 0.25) is 0 Å². The lowest BCUT2D eigenvalue weighted by molar-refractivity contribution is 0.282. The van der Waals surface area contributed by atoms with Gasteiger partial charge in [-0.05, 0) is 43.5 Å². The van der Waals surface area contributed by atoms with E-state index in [9.17, 15) is 0 Å². The van der Waals surface area contributed by atoms with Crippen molar-refractivity contribution in [3.63, 3.8) is 0 Å². The Kier molecular flexibility index (Phi) is 5.67. The monoisotopic (exact) mass is 263 g/mol. The van der Waals surface area contributed by atoms with Crippen molar-refractivity contribution in [1.29, 1.82) is 0 Å². The van der Waals surface area contributed by atoms with E-state index >= 15 is 0 Å². The third-order valence-electron chi connectivity index (χ3n) is 3.75. The van der Waals surface area contributed by atoms with Gasteiger partial charge in [0, 0.05) is 19.1 Å². The molecule has 3 heteroatoms. The van der Waals surface area contributed by atoms with Crippen molar-refractivity contribution in [2.45, 2.75) is 45.1 Å². The highest BCUT2D eigenvalue weighted by Gasteiger charge is 2.14. The molecule has 1 aliphatic heterocycles. The predicted molar refractivity (Wildman–Crippen MR) is 77.6 cm³/mol. The molecule has 1 atom stereocenters. The summed E-state index contributed by atoms with van der Waals surface area (Å²) in [5, 5.41) is 12.3. The maximum Gasteiger partial charge on any atom is 0.122 e. The molecule has 0 bridgehead atoms. The van der Waals surface area contributed by atoms with Crippen molar-refractivity contribution in [1.82, 2.24) is 5.32 Å². The molecule has 1 aromatic rings. The largest absolute Gasteiger partial charge is 0.493 e. The standard InChI is InChI=1S/C16H25NO2/c1-13(17-9-4-2-3-5-10-18)14-6-7-16-15(12-14)8-11-19-16/h6-7,12-13,17-18H,2-5,8-11H2,1H3. The summed E-state index contributed by atoms with van der Waals surface area (Å²) in [4.78, 5) is 0. The quantitative estimate of drug-likeness (QED) is 0.709. The molecule has 1 aromatic carbocycles. The fourth-order valence-corrected chi connectivity index (χ4v) is 2.50. The molecule has 3 nitrogen and oxygen atoms in total. The molecule has 0 radical (unpaired) electrons. The van der Waals surface area contributed by atoms with Gasteiger partial charge in [-0.15, -0.1) is 0 Å². The maximum atomic E-state index is 8.71. The van der Waals surface area contributed by atoms with E-state index in [1.165, 1.54) is 24.0 Å². The summed E-state index contributed by atoms with van der Waals surface area (Å²) in [5.74, 6) is 1.06. The molecule has 0 amide bonds. The molecule has 0 saturated heterocycles. The van der Waals surface area contributed by atoms with Gasteiger partial charge >= 0.3 is 0 Å². The molecule has 2 N–H and O–H groups in total. The van der Waals surface area contributed by atoms with Crippen LogP contribution in [-0.4, -0.2) is 24.9 Å². The van der Waals surface area contributed by atoms with Gasteiger partial charge in [0.25, 0.3) is 0 Å². The van der Waals surface area contributed by atoms with Crippen LogP contribution in [0.1, 0.15) is 49.8 Å². The number of unbranched alkanes of at least 4 members (excludes halogenated alkanes) is 3. The summed E-state index contributed by atoms with van der Waals surface area (Å²) in [7, 11) is 0. The van der Waals surface area contributed by atoms with E-state index in [1.807, 2.05) is 0 Å². The highest BCUT2D eigenvalue weighted by Crippen LogP contribution is 2.28. The first-order valence-electron chi connectivity index (χ1n) is 7.41. The lowest BCUT2D eigenvalue weighted by atomic mass is 10.0. The second-order valence-electron chi connectivity index (χ2n) is 5.28. The number of aliphatic hydroxyl groups excluding tert-OH is 1. The first kappa shape index (κ1) is 14.4. The molecule has 1 heterocycles. The Labute approximate surface area is 116 Å². The fourth-order valence-electron chi connectivity index (χ4n) is 2.50. The zero-order valence-corrected chi connectivity index (χ0v) is 11.8. The predicted octanol–water partition coefficient (Wildman–Crippen LogP) is 2.82. The summed E-state index contributed by atoms with van der Waals surface area (Å²) in [6.07, 6.45) is 5.47. The van der Waals surface area contributed by atoms with Gasteiger partial charge in [0.15, 0.2) is 0 Å². The lowest BCUT2D eigenvalue weighted by Crippen LogP contribution is -2.19. The van der Waals surface area contributed by atoms with Crippen LogP contribution in [0.15, 0.2) is 18.2 Å². The van der Waals surface area contributed by atoms with Crippen LogP contribution in [-0.2, 0) is 6.42 Å². The van der Waals surface area contributed by atoms with Crippen LogP contribution in [0, 0.1) is 0 Å². The molecular formula is C16H25NO2. The van der Waals surface area contributed by atoms with E-state index in [0.29, 0.717) is 12.6 Å². The van der Waals surface area contributed by atoms with E-state index in [4.69, 9.17) is 9.84 Å². The fraction of sp³-hybridized carbons (Fsp3) is 0.625. The van der Waals surface area contributed by atoms with Crippen LogP contribution >= 0.6 is 0 Å². The summed E-state index contributed by atoms with van der Waals surface area (Å²) < 4.78 is 5.53. The van der Waals surface area contributed by atoms with E-state index in [-0.39, 0.29) is 0 Å². The SMILES string of the molecule is CC(NCCCCCCO)c1ccc2c(c1)CCO2. The first-order valence-corrected chi connectivity index (χ1v) is 7.41. The number of benzene rings is 1. The molecule has 1 aliphatic rings. The van der Waals surface area contributed by atoms with Gasteiger partial charge < -0.3 is 15.2 Å². The summed E-state index contributed by atoms with van der Waals surface area (Å²) in [6.45, 7) is 4.40. The lowest BCUT2D eigenvalue weighted by Gasteiger charge is -2.15. The second kappa shape index (κ2) is 7.51. The molecule has 0 saturated carbocycles. The minimum atomic E-state index is 0.320. The van der Waals surface area contributed by atoms with E-state index in [2.05, 4.69) is 30.4 Å². The van der Waals surface area contributed by atoms with E-state index in [0.717, 1.165) is 38.2 Å². The highest BCUT2D eigenvalue weighted by molar-refractivity contribution is 5.40. The molecule has 106 valence electrons. The molecule has 19 heavy (non-hydrogen) atoms. The zero-order valence-electron chi connectivity index (χ0n) is 11.8. The molecule has 0 spiro atoms. The number of fused-ring (bicyclic) bond motifs is 1. The van der Waals surface area contributed by atoms with Crippen LogP contribution in [0.5, 0.6) is 5.75 Å². The summed E-state index contributed by atoms with van der Waals surface area (Å²) in [6, 6.07) is 6.92. The van der Waals surface area contributed by atoms with Crippen molar-refractivity contribution < 1.29 is 9.84 Å². The average molecular weight is 263 g/mol. The normalized spacial score (nSPS) is 15.1. The van der Waals surface area contributed by atoms with Crippen molar-refractivity contribution in [2.75, 3.05) is 19.8 Å². The molecule has 1 unspecified atom stereocenters. The van der Waals surface area contributed by atoms with Gasteiger partial charge in [0.05, 0.1) is 6.61 Å². The van der Waals surface area contributed by atoms with E-state index < -0.39 is 0 Å². The maximum absolute atomic E-state index is 8.71. The Morgan fingerprint density at radius 2 is 2.11 bits per heavy atom. The number of hydrogen-bond acceptors (Lipinski definition) is 3. The summed E-state index contributed by atoms with van der Waals surface area (Å²) in [5.41, 5.74) is 2.69. The minimum absolute atomic E-state index is 0.320. The Bertz CT molecular complexity index is 392. The van der Waals surface area contributed by atoms with Gasteiger partial charge in [-0.1, -0.05) is 25.0 Å². The number of hydrogen-bond donors (Lipinski definition) is 2. The van der Waals surface area contributed by atoms with Gasteiger partial charge in [0.1, 0.15) is 5.75 Å². The minimum Gasteiger partial charge on any atom is -0.493 e. The van der Waals surface area contributed by atoms with Gasteiger partial charge in [0.2, 0.25) is 0 Å². The van der Waals surface area contributed by atoms with Crippen LogP contribution in [0.3, 0.4) is 0 Å². The average Bonchev–Trinajstić information content (AvgIpc) is 2.89. The van der Waals surface area contributed by atoms with Crippen LogP contribution in [0.4, 0.5) is 0 Å². The van der Waals surface area contributed by atoms with Crippen molar-refractivity contribution in [3.05, 3.63) is 29.3 Å². The van der Waals surface area contributed by atoms with Gasteiger partial charge in [-0.2, -0.15) is 0 Å². The molecular weight excluding hydrogens is 238 g/mol. The molecule has 0 fully saturated rings. The number of aliphatic hydroxyl groups is 1. The van der Waals surface area contributed by atoms with Gasteiger partial charge in [-0.25, -0.2) is 0 Å². The zero-order chi connectivity index (χ0) is 13.5. The Morgan fingerprint density at radius 3 is 2.95 bits per heavy atom. The van der Waals surface area contributed by atoms with E-state index in [1.54, 1.807) is 0 Å². The number of rotatable bonds is 8. The van der Waals surface area contributed by atoms with Crippen molar-refractivity contribution >= 4 is 0 Å². The third-order valence-corrected chi connectivity index (χ3v) is 3.75. The van der Waals surface area contributed by atoms with Crippen molar-refractivity contribution in [3.8, 4) is 5.75 Å². The third kappa shape index (κ3) is 4.22. The molecule has 2 rings (SSSR count). The number of nitrogens with one attached hydrogen (secondary N) is 1. The first-order chi connectivity index (χ1) is 9.31. The Hall–Kier alpha value is -1.06. The Balaban J connectivity index is 1.72. The number of ether oxygens (including phenoxy) is 1. The second-order valence-corrected chi connectivity index (χ2v) is 5.28. The molecule has 0 aromatic heterocycles. The highest BCUT2D eigenvalue weighted by atomic mass is 16.5. The van der Waals surface area contributed by atoms with Crippen LogP contribution < -0.4 is 10.1 Å². The summed E-state index contributed by atoms with van der Waals surface area (Å²) >= 11 is 0. The Morgan fingerprint density at radius 1 is 1.26 bits per heavy atom. The smallest absolute Gasteiger partial charge is 0.122 e. The van der Waals surface area contributed by atoms with Crippen molar-refractivity contribution in [2.24, 2.45) is 0 Å². The topological polar surface area (TPSA) is 41.5 Å². The van der Waals surface area contributed by atoms with Crippen LogP contribution in [0.25, 0.3) is 0 Å². The molecule has 0 aliphatic carbocycles. The van der Waals surface area contributed by atoms with Gasteiger partial charge in [-0.3, -0.25) is 0 Å².